The molecular weight excluding hydrogens is 264 g/mol. The van der Waals surface area contributed by atoms with Crippen molar-refractivity contribution in [2.75, 3.05) is 13.2 Å². The summed E-state index contributed by atoms with van der Waals surface area (Å²) in [6.07, 6.45) is 0. The first-order valence-electron chi connectivity index (χ1n) is 5.05. The van der Waals surface area contributed by atoms with E-state index in [0.29, 0.717) is 5.56 Å². The van der Waals surface area contributed by atoms with Crippen LogP contribution in [0.3, 0.4) is 0 Å². The third-order valence-corrected chi connectivity index (χ3v) is 5.23. The van der Waals surface area contributed by atoms with Crippen molar-refractivity contribution >= 4 is 27.2 Å². The molecule has 1 aliphatic rings. The van der Waals surface area contributed by atoms with Crippen LogP contribution >= 0.6 is 11.6 Å². The molecule has 0 atom stereocenters. The molecule has 0 bridgehead atoms. The van der Waals surface area contributed by atoms with Crippen molar-refractivity contribution < 1.29 is 17.9 Å². The fraction of sp³-hybridized carbons (Fsp3) is 0.364. The van der Waals surface area contributed by atoms with E-state index in [1.807, 2.05) is 0 Å². The van der Waals surface area contributed by atoms with E-state index in [9.17, 15) is 13.2 Å². The molecular formula is C11H11ClO4S. The predicted octanol–water partition coefficient (Wildman–Crippen LogP) is 1.72. The molecule has 6 heteroatoms. The van der Waals surface area contributed by atoms with Crippen LogP contribution in [0.4, 0.5) is 0 Å². The second-order valence-corrected chi connectivity index (χ2v) is 6.51. The molecule has 0 N–H and O–H groups in total. The third-order valence-electron chi connectivity index (χ3n) is 2.69. The van der Waals surface area contributed by atoms with Gasteiger partial charge in [0.1, 0.15) is 5.25 Å². The lowest BCUT2D eigenvalue weighted by Crippen LogP contribution is -2.40. The zero-order valence-corrected chi connectivity index (χ0v) is 10.7. The summed E-state index contributed by atoms with van der Waals surface area (Å²) in [5.41, 5.74) is 0.402. The lowest BCUT2D eigenvalue weighted by molar-refractivity contribution is 0.0416. The third kappa shape index (κ3) is 2.22. The highest BCUT2D eigenvalue weighted by Gasteiger charge is 2.35. The van der Waals surface area contributed by atoms with Crippen LogP contribution in [0.5, 0.6) is 0 Å². The number of rotatable bonds is 3. The van der Waals surface area contributed by atoms with Crippen molar-refractivity contribution in [3.63, 3.8) is 0 Å². The molecule has 1 aliphatic heterocycles. The van der Waals surface area contributed by atoms with E-state index in [1.54, 1.807) is 0 Å². The lowest BCUT2D eigenvalue weighted by Gasteiger charge is -2.26. The van der Waals surface area contributed by atoms with E-state index < -0.39 is 15.1 Å². The maximum Gasteiger partial charge on any atom is 0.187 e. The van der Waals surface area contributed by atoms with Gasteiger partial charge in [-0.3, -0.25) is 4.79 Å². The van der Waals surface area contributed by atoms with Gasteiger partial charge in [0.2, 0.25) is 0 Å². The van der Waals surface area contributed by atoms with Crippen LogP contribution in [0.15, 0.2) is 23.1 Å². The molecule has 0 saturated carbocycles. The van der Waals surface area contributed by atoms with Crippen molar-refractivity contribution in [2.24, 2.45) is 0 Å². The summed E-state index contributed by atoms with van der Waals surface area (Å²) in [5.74, 6) is -0.150. The van der Waals surface area contributed by atoms with E-state index in [4.69, 9.17) is 16.3 Å². The average Bonchev–Trinajstić information content (AvgIpc) is 2.13. The molecule has 92 valence electrons. The average molecular weight is 275 g/mol. The molecule has 1 fully saturated rings. The largest absolute Gasteiger partial charge is 0.379 e. The maximum atomic E-state index is 12.1. The van der Waals surface area contributed by atoms with Crippen molar-refractivity contribution in [3.8, 4) is 0 Å². The summed E-state index contributed by atoms with van der Waals surface area (Å²) >= 11 is 5.91. The molecule has 1 aromatic rings. The molecule has 0 aromatic heterocycles. The summed E-state index contributed by atoms with van der Waals surface area (Å²) in [5, 5.41) is -0.437. The number of carbonyl (C=O) groups excluding carboxylic acids is 1. The molecule has 0 aliphatic carbocycles. The van der Waals surface area contributed by atoms with Gasteiger partial charge in [-0.15, -0.1) is 0 Å². The Labute approximate surface area is 104 Å². The Hall–Kier alpha value is -0.910. The quantitative estimate of drug-likeness (QED) is 0.788. The second kappa shape index (κ2) is 4.40. The van der Waals surface area contributed by atoms with Gasteiger partial charge in [0.15, 0.2) is 15.6 Å². The predicted molar refractivity (Wildman–Crippen MR) is 63.2 cm³/mol. The van der Waals surface area contributed by atoms with Crippen LogP contribution in [0.2, 0.25) is 5.02 Å². The number of Topliss-reactive ketones (excluding diaryl/α,β-unsaturated/α-hetero) is 1. The Kier molecular flexibility index (Phi) is 3.25. The van der Waals surface area contributed by atoms with Gasteiger partial charge < -0.3 is 4.74 Å². The molecule has 4 nitrogen and oxygen atoms in total. The first-order chi connectivity index (χ1) is 7.93. The number of halogens is 1. The molecule has 0 radical (unpaired) electrons. The fourth-order valence-corrected chi connectivity index (χ4v) is 3.52. The highest BCUT2D eigenvalue weighted by Crippen LogP contribution is 2.28. The lowest BCUT2D eigenvalue weighted by atomic mass is 10.1. The van der Waals surface area contributed by atoms with Crippen molar-refractivity contribution in [1.29, 1.82) is 0 Å². The first kappa shape index (κ1) is 12.5. The summed E-state index contributed by atoms with van der Waals surface area (Å²) in [7, 11) is -3.44. The number of ketones is 1. The molecule has 1 aromatic carbocycles. The van der Waals surface area contributed by atoms with Crippen LogP contribution in [-0.2, 0) is 14.6 Å². The number of hydrogen-bond donors (Lipinski definition) is 0. The molecule has 0 spiro atoms. The van der Waals surface area contributed by atoms with Crippen LogP contribution in [0.25, 0.3) is 0 Å². The number of ether oxygens (including phenoxy) is 1. The van der Waals surface area contributed by atoms with Crippen LogP contribution in [0.1, 0.15) is 17.3 Å². The van der Waals surface area contributed by atoms with Gasteiger partial charge in [0.05, 0.1) is 23.1 Å². The monoisotopic (exact) mass is 274 g/mol. The van der Waals surface area contributed by atoms with Gasteiger partial charge in [-0.2, -0.15) is 0 Å². The molecule has 0 amide bonds. The zero-order valence-electron chi connectivity index (χ0n) is 9.14. The zero-order chi connectivity index (χ0) is 12.6. The number of benzene rings is 1. The Balaban J connectivity index is 2.43. The molecule has 1 heterocycles. The normalized spacial score (nSPS) is 16.6. The summed E-state index contributed by atoms with van der Waals surface area (Å²) in [6, 6.07) is 4.24. The Morgan fingerprint density at radius 2 is 2.06 bits per heavy atom. The number of sulfone groups is 1. The van der Waals surface area contributed by atoms with Crippen LogP contribution in [-0.4, -0.2) is 32.7 Å². The number of hydrogen-bond acceptors (Lipinski definition) is 4. The highest BCUT2D eigenvalue weighted by atomic mass is 35.5. The van der Waals surface area contributed by atoms with E-state index >= 15 is 0 Å². The highest BCUT2D eigenvalue weighted by molar-refractivity contribution is 7.92. The summed E-state index contributed by atoms with van der Waals surface area (Å²) in [6.45, 7) is 1.81. The van der Waals surface area contributed by atoms with Crippen molar-refractivity contribution in [3.05, 3.63) is 28.8 Å². The minimum absolute atomic E-state index is 0.0671. The molecule has 1 saturated heterocycles. The Bertz CT molecular complexity index is 561. The van der Waals surface area contributed by atoms with Crippen molar-refractivity contribution in [2.45, 2.75) is 17.1 Å². The van der Waals surface area contributed by atoms with Gasteiger partial charge in [-0.05, 0) is 19.1 Å². The van der Waals surface area contributed by atoms with Gasteiger partial charge in [0.25, 0.3) is 0 Å². The standard InChI is InChI=1S/C11H11ClO4S/c1-7(13)8-2-3-11(10(12)4-8)17(14,15)9-5-16-6-9/h2-4,9H,5-6H2,1H3. The Morgan fingerprint density at radius 1 is 1.41 bits per heavy atom. The van der Waals surface area contributed by atoms with E-state index in [2.05, 4.69) is 0 Å². The van der Waals surface area contributed by atoms with Gasteiger partial charge in [-0.1, -0.05) is 17.7 Å². The van der Waals surface area contributed by atoms with Crippen LogP contribution < -0.4 is 0 Å². The summed E-state index contributed by atoms with van der Waals surface area (Å²) < 4.78 is 29.0. The van der Waals surface area contributed by atoms with Crippen LogP contribution in [0, 0.1) is 0 Å². The molecule has 2 rings (SSSR count). The second-order valence-electron chi connectivity index (χ2n) is 3.91. The van der Waals surface area contributed by atoms with E-state index in [1.165, 1.54) is 25.1 Å². The molecule has 17 heavy (non-hydrogen) atoms. The van der Waals surface area contributed by atoms with Gasteiger partial charge in [-0.25, -0.2) is 8.42 Å². The smallest absolute Gasteiger partial charge is 0.187 e. The van der Waals surface area contributed by atoms with Gasteiger partial charge >= 0.3 is 0 Å². The maximum absolute atomic E-state index is 12.1. The SMILES string of the molecule is CC(=O)c1ccc(S(=O)(=O)C2COC2)c(Cl)c1. The topological polar surface area (TPSA) is 60.4 Å². The minimum Gasteiger partial charge on any atom is -0.379 e. The minimum atomic E-state index is -3.44. The van der Waals surface area contributed by atoms with Crippen molar-refractivity contribution in [1.82, 2.24) is 0 Å². The van der Waals surface area contributed by atoms with E-state index in [0.717, 1.165) is 0 Å². The van der Waals surface area contributed by atoms with Gasteiger partial charge in [0, 0.05) is 5.56 Å². The Morgan fingerprint density at radius 3 is 2.47 bits per heavy atom. The fourth-order valence-electron chi connectivity index (χ4n) is 1.52. The molecule has 0 unspecified atom stereocenters. The summed E-state index contributed by atoms with van der Waals surface area (Å²) in [4.78, 5) is 11.2. The number of carbonyl (C=O) groups is 1. The first-order valence-corrected chi connectivity index (χ1v) is 6.97. The van der Waals surface area contributed by atoms with E-state index in [-0.39, 0.29) is 28.9 Å².